The lowest BCUT2D eigenvalue weighted by molar-refractivity contribution is -0.161. The van der Waals surface area contributed by atoms with Crippen molar-refractivity contribution in [2.75, 3.05) is 39.6 Å². The number of unbranched alkanes of at least 4 members (excludes halogenated alkanes) is 43. The average molecular weight is 1410 g/mol. The number of aliphatic hydroxyl groups is 1. The molecule has 0 fully saturated rings. The third kappa shape index (κ3) is 70.5. The van der Waals surface area contributed by atoms with Gasteiger partial charge in [0.25, 0.3) is 0 Å². The Morgan fingerprint density at radius 3 is 0.708 bits per heavy atom. The molecule has 19 heteroatoms. The van der Waals surface area contributed by atoms with E-state index in [4.69, 9.17) is 37.0 Å². The van der Waals surface area contributed by atoms with E-state index in [0.29, 0.717) is 37.5 Å². The predicted molar refractivity (Wildman–Crippen MR) is 391 cm³/mol. The van der Waals surface area contributed by atoms with E-state index >= 15 is 0 Å². The average Bonchev–Trinajstić information content (AvgIpc) is 1.37. The van der Waals surface area contributed by atoms with Gasteiger partial charge in [0.15, 0.2) is 12.2 Å². The summed E-state index contributed by atoms with van der Waals surface area (Å²) in [5.41, 5.74) is 0. The second-order valence-corrected chi connectivity index (χ2v) is 32.1. The third-order valence-corrected chi connectivity index (χ3v) is 19.8. The summed E-state index contributed by atoms with van der Waals surface area (Å²) in [5, 5.41) is 10.6. The summed E-state index contributed by atoms with van der Waals surface area (Å²) in [5.74, 6) is 0.0334. The lowest BCUT2D eigenvalue weighted by atomic mass is 10.0. The van der Waals surface area contributed by atoms with E-state index in [1.165, 1.54) is 199 Å². The molecule has 0 aliphatic carbocycles. The molecule has 0 bridgehead atoms. The van der Waals surface area contributed by atoms with E-state index in [1.54, 1.807) is 0 Å². The van der Waals surface area contributed by atoms with Crippen molar-refractivity contribution < 1.29 is 80.2 Å². The molecule has 0 aliphatic heterocycles. The number of ether oxygens (including phenoxy) is 4. The van der Waals surface area contributed by atoms with Crippen molar-refractivity contribution in [3.8, 4) is 0 Å². The van der Waals surface area contributed by atoms with Crippen LogP contribution in [0.5, 0.6) is 0 Å². The Balaban J connectivity index is 5.17. The van der Waals surface area contributed by atoms with Crippen LogP contribution in [0.2, 0.25) is 0 Å². The molecule has 570 valence electrons. The van der Waals surface area contributed by atoms with Gasteiger partial charge in [0, 0.05) is 25.7 Å². The second kappa shape index (κ2) is 67.5. The fourth-order valence-electron chi connectivity index (χ4n) is 11.8. The van der Waals surface area contributed by atoms with E-state index in [-0.39, 0.29) is 25.7 Å². The van der Waals surface area contributed by atoms with Gasteiger partial charge in [-0.1, -0.05) is 344 Å². The molecular weight excluding hydrogens is 1260 g/mol. The molecule has 0 heterocycles. The van der Waals surface area contributed by atoms with Gasteiger partial charge in [-0.05, 0) is 43.4 Å². The van der Waals surface area contributed by atoms with Gasteiger partial charge in [0.1, 0.15) is 19.3 Å². The normalized spacial score (nSPS) is 14.1. The van der Waals surface area contributed by atoms with Crippen molar-refractivity contribution in [1.82, 2.24) is 0 Å². The standard InChI is InChI=1S/C77H150O17P2/c1-8-9-10-11-12-13-14-15-16-17-18-19-20-21-22-23-24-29-32-37-46-53-60-76(81)93-72(64-87-74(79)58-51-44-36-31-28-26-25-27-30-34-41-48-55-68(2)3)66-91-95(83,84)89-62-71(78)63-90-96(85,86)92-67-73(65-88-75(80)59-52-45-40-39-43-50-57-70(6)7)94-77(82)61-54-47-38-33-35-42-49-56-69(4)5/h68-73,78H,8-67H2,1-7H3,(H,83,84)(H,85,86)/t71-,72-,73-/m1/s1. The lowest BCUT2D eigenvalue weighted by Gasteiger charge is -2.21. The van der Waals surface area contributed by atoms with Gasteiger partial charge >= 0.3 is 39.5 Å². The van der Waals surface area contributed by atoms with Gasteiger partial charge in [-0.25, -0.2) is 9.13 Å². The number of phosphoric acid groups is 2. The van der Waals surface area contributed by atoms with Crippen LogP contribution < -0.4 is 0 Å². The van der Waals surface area contributed by atoms with Gasteiger partial charge < -0.3 is 33.8 Å². The highest BCUT2D eigenvalue weighted by molar-refractivity contribution is 7.47. The zero-order valence-electron chi connectivity index (χ0n) is 62.8. The van der Waals surface area contributed by atoms with Crippen LogP contribution in [0.15, 0.2) is 0 Å². The summed E-state index contributed by atoms with van der Waals surface area (Å²) < 4.78 is 68.4. The second-order valence-electron chi connectivity index (χ2n) is 29.2. The van der Waals surface area contributed by atoms with Gasteiger partial charge in [-0.2, -0.15) is 0 Å². The maximum atomic E-state index is 13.1. The van der Waals surface area contributed by atoms with Crippen molar-refractivity contribution in [2.45, 2.75) is 414 Å². The van der Waals surface area contributed by atoms with Crippen LogP contribution in [-0.4, -0.2) is 96.7 Å². The maximum Gasteiger partial charge on any atom is 0.472 e. The molecule has 96 heavy (non-hydrogen) atoms. The van der Waals surface area contributed by atoms with E-state index in [1.807, 2.05) is 0 Å². The number of carbonyl (C=O) groups is 4. The number of hydrogen-bond acceptors (Lipinski definition) is 15. The Hall–Kier alpha value is -1.94. The van der Waals surface area contributed by atoms with E-state index in [2.05, 4.69) is 48.5 Å². The number of carbonyl (C=O) groups excluding carboxylic acids is 4. The molecular formula is C77H150O17P2. The highest BCUT2D eigenvalue weighted by Gasteiger charge is 2.30. The summed E-state index contributed by atoms with van der Waals surface area (Å²) in [7, 11) is -9.91. The molecule has 5 atom stereocenters. The smallest absolute Gasteiger partial charge is 0.462 e. The van der Waals surface area contributed by atoms with Crippen LogP contribution in [-0.2, 0) is 65.4 Å². The fraction of sp³-hybridized carbons (Fsp3) is 0.948. The van der Waals surface area contributed by atoms with E-state index in [9.17, 15) is 43.2 Å². The molecule has 0 aromatic carbocycles. The molecule has 2 unspecified atom stereocenters. The fourth-order valence-corrected chi connectivity index (χ4v) is 13.4. The van der Waals surface area contributed by atoms with E-state index < -0.39 is 97.5 Å². The Morgan fingerprint density at radius 2 is 0.479 bits per heavy atom. The lowest BCUT2D eigenvalue weighted by Crippen LogP contribution is -2.30. The van der Waals surface area contributed by atoms with Crippen molar-refractivity contribution in [1.29, 1.82) is 0 Å². The first-order valence-electron chi connectivity index (χ1n) is 39.8. The van der Waals surface area contributed by atoms with Gasteiger partial charge in [0.05, 0.1) is 26.4 Å². The molecule has 0 amide bonds. The molecule has 0 saturated carbocycles. The van der Waals surface area contributed by atoms with Crippen LogP contribution in [0.3, 0.4) is 0 Å². The van der Waals surface area contributed by atoms with E-state index in [0.717, 1.165) is 102 Å². The minimum atomic E-state index is -4.96. The predicted octanol–water partition coefficient (Wildman–Crippen LogP) is 22.6. The van der Waals surface area contributed by atoms with Crippen molar-refractivity contribution in [2.24, 2.45) is 17.8 Å². The number of rotatable bonds is 75. The Bertz CT molecular complexity index is 1870. The van der Waals surface area contributed by atoms with Crippen molar-refractivity contribution in [3.63, 3.8) is 0 Å². The minimum Gasteiger partial charge on any atom is -0.462 e. The molecule has 0 saturated heterocycles. The first-order chi connectivity index (χ1) is 46.2. The minimum absolute atomic E-state index is 0.102. The summed E-state index contributed by atoms with van der Waals surface area (Å²) >= 11 is 0. The Labute approximate surface area is 588 Å². The van der Waals surface area contributed by atoms with Crippen molar-refractivity contribution >= 4 is 39.5 Å². The highest BCUT2D eigenvalue weighted by Crippen LogP contribution is 2.45. The first kappa shape index (κ1) is 94.1. The maximum absolute atomic E-state index is 13.1. The molecule has 0 spiro atoms. The summed E-state index contributed by atoms with van der Waals surface area (Å²) in [6.45, 7) is 11.8. The van der Waals surface area contributed by atoms with Gasteiger partial charge in [-0.3, -0.25) is 37.3 Å². The quantitative estimate of drug-likeness (QED) is 0.0222. The topological polar surface area (TPSA) is 237 Å². The SMILES string of the molecule is CCCCCCCCCCCCCCCCCCCCCCCCC(=O)O[C@H](COC(=O)CCCCCCCCCCCCCCC(C)C)COP(=O)(O)OC[C@@H](O)COP(=O)(O)OC[C@@H](COC(=O)CCCCCCCCC(C)C)OC(=O)CCCCCCCCCC(C)C. The molecule has 0 aliphatic rings. The number of esters is 4. The largest absolute Gasteiger partial charge is 0.472 e. The monoisotopic (exact) mass is 1410 g/mol. The summed E-state index contributed by atoms with van der Waals surface area (Å²) in [4.78, 5) is 72.7. The number of aliphatic hydroxyl groups excluding tert-OH is 1. The molecule has 0 radical (unpaired) electrons. The highest BCUT2D eigenvalue weighted by atomic mass is 31.2. The van der Waals surface area contributed by atoms with Crippen LogP contribution in [0.1, 0.15) is 395 Å². The molecule has 17 nitrogen and oxygen atoms in total. The van der Waals surface area contributed by atoms with Crippen LogP contribution in [0.4, 0.5) is 0 Å². The first-order valence-corrected chi connectivity index (χ1v) is 42.8. The molecule has 0 aromatic heterocycles. The zero-order chi connectivity index (χ0) is 70.9. The van der Waals surface area contributed by atoms with Crippen LogP contribution in [0.25, 0.3) is 0 Å². The van der Waals surface area contributed by atoms with Crippen LogP contribution in [0, 0.1) is 17.8 Å². The summed E-state index contributed by atoms with van der Waals surface area (Å²) in [6, 6.07) is 0. The Kier molecular flexibility index (Phi) is 66.2. The molecule has 0 rings (SSSR count). The van der Waals surface area contributed by atoms with Crippen LogP contribution >= 0.6 is 15.6 Å². The summed E-state index contributed by atoms with van der Waals surface area (Å²) in [6.07, 6.45) is 54.6. The Morgan fingerprint density at radius 1 is 0.281 bits per heavy atom. The molecule has 0 aromatic rings. The van der Waals surface area contributed by atoms with Gasteiger partial charge in [0.2, 0.25) is 0 Å². The zero-order valence-corrected chi connectivity index (χ0v) is 64.6. The van der Waals surface area contributed by atoms with Gasteiger partial charge in [-0.15, -0.1) is 0 Å². The van der Waals surface area contributed by atoms with Crippen molar-refractivity contribution in [3.05, 3.63) is 0 Å². The third-order valence-electron chi connectivity index (χ3n) is 17.9. The number of hydrogen-bond donors (Lipinski definition) is 3. The molecule has 3 N–H and O–H groups in total. The number of phosphoric ester groups is 2.